The number of unbranched alkanes of at least 4 members (excludes halogenated alkanes) is 30. The van der Waals surface area contributed by atoms with Crippen LogP contribution in [0.4, 0.5) is 0 Å². The molecule has 15 nitrogen and oxygen atoms in total. The van der Waals surface area contributed by atoms with Crippen LogP contribution in [0.3, 0.4) is 0 Å². The molecule has 0 aromatic heterocycles. The number of esters is 2. The van der Waals surface area contributed by atoms with Crippen LogP contribution in [-0.2, 0) is 46.8 Å². The van der Waals surface area contributed by atoms with Crippen molar-refractivity contribution in [3.05, 3.63) is 0 Å². The first-order valence-electron chi connectivity index (χ1n) is 26.0. The molecular formula is C48H93NO14P2. The average Bonchev–Trinajstić information content (AvgIpc) is 3.24. The normalized spacial score (nSPS) is 19.0. The van der Waals surface area contributed by atoms with E-state index in [2.05, 4.69) is 26.1 Å². The molecule has 1 saturated heterocycles. The van der Waals surface area contributed by atoms with E-state index in [-0.39, 0.29) is 19.3 Å². The summed E-state index contributed by atoms with van der Waals surface area (Å²) in [6.07, 6.45) is 28.4. The van der Waals surface area contributed by atoms with Gasteiger partial charge >= 0.3 is 27.6 Å². The molecule has 1 amide bonds. The molecule has 0 spiro atoms. The van der Waals surface area contributed by atoms with Gasteiger partial charge in [-0.2, -0.15) is 0 Å². The lowest BCUT2D eigenvalue weighted by molar-refractivity contribution is -0.258. The van der Waals surface area contributed by atoms with Crippen LogP contribution in [0.2, 0.25) is 0 Å². The van der Waals surface area contributed by atoms with Crippen molar-refractivity contribution in [2.24, 2.45) is 0 Å². The van der Waals surface area contributed by atoms with Gasteiger partial charge in [0.25, 0.3) is 0 Å². The van der Waals surface area contributed by atoms with Crippen molar-refractivity contribution in [1.82, 2.24) is 5.32 Å². The van der Waals surface area contributed by atoms with Crippen LogP contribution in [-0.4, -0.2) is 74.7 Å². The molecule has 0 aliphatic carbocycles. The van der Waals surface area contributed by atoms with Gasteiger partial charge in [-0.1, -0.05) is 213 Å². The summed E-state index contributed by atoms with van der Waals surface area (Å²) in [5.41, 5.74) is 0. The van der Waals surface area contributed by atoms with E-state index in [0.717, 1.165) is 77.0 Å². The molecule has 1 aliphatic rings. The number of nitrogens with one attached hydrogen (secondary N) is 1. The summed E-state index contributed by atoms with van der Waals surface area (Å²) < 4.78 is 51.5. The first-order valence-corrected chi connectivity index (χ1v) is 29.0. The van der Waals surface area contributed by atoms with Crippen molar-refractivity contribution in [2.45, 2.75) is 283 Å². The predicted octanol–water partition coefficient (Wildman–Crippen LogP) is 12.3. The van der Waals surface area contributed by atoms with E-state index in [0.29, 0.717) is 19.3 Å². The number of hydrogen-bond donors (Lipinski definition) is 5. The Morgan fingerprint density at radius 3 is 1.12 bits per heavy atom. The molecule has 0 bridgehead atoms. The zero-order valence-electron chi connectivity index (χ0n) is 40.8. The van der Waals surface area contributed by atoms with Gasteiger partial charge in [0.1, 0.15) is 12.1 Å². The van der Waals surface area contributed by atoms with Gasteiger partial charge in [0.15, 0.2) is 18.5 Å². The van der Waals surface area contributed by atoms with Crippen LogP contribution < -0.4 is 5.32 Å². The molecule has 1 fully saturated rings. The minimum Gasteiger partial charge on any atom is -0.456 e. The van der Waals surface area contributed by atoms with E-state index in [9.17, 15) is 43.1 Å². The van der Waals surface area contributed by atoms with Crippen LogP contribution in [0, 0.1) is 0 Å². The van der Waals surface area contributed by atoms with E-state index < -0.39 is 70.7 Å². The number of carbonyl (C=O) groups is 3. The van der Waals surface area contributed by atoms with Crippen molar-refractivity contribution < 1.29 is 66.3 Å². The zero-order chi connectivity index (χ0) is 48.0. The summed E-state index contributed by atoms with van der Waals surface area (Å²) in [5.74, 6) is -1.95. The molecule has 65 heavy (non-hydrogen) atoms. The first-order chi connectivity index (χ1) is 31.2. The Morgan fingerprint density at radius 1 is 0.462 bits per heavy atom. The zero-order valence-corrected chi connectivity index (χ0v) is 42.6. The first kappa shape index (κ1) is 61.6. The molecule has 17 heteroatoms. The Morgan fingerprint density at radius 2 is 0.785 bits per heavy atom. The summed E-state index contributed by atoms with van der Waals surface area (Å²) in [6, 6.07) is -1.57. The Hall–Kier alpha value is -1.41. The van der Waals surface area contributed by atoms with E-state index in [1.54, 1.807) is 0 Å². The highest BCUT2D eigenvalue weighted by atomic mass is 31.2. The van der Waals surface area contributed by atoms with Crippen molar-refractivity contribution in [1.29, 1.82) is 0 Å². The molecule has 0 aromatic rings. The maximum Gasteiger partial charge on any atom is 0.472 e. The molecule has 2 unspecified atom stereocenters. The highest BCUT2D eigenvalue weighted by molar-refractivity contribution is 7.46. The van der Waals surface area contributed by atoms with Crippen LogP contribution in [0.1, 0.15) is 252 Å². The Labute approximate surface area is 393 Å². The lowest BCUT2D eigenvalue weighted by Gasteiger charge is -2.45. The van der Waals surface area contributed by atoms with Crippen molar-refractivity contribution in [3.63, 3.8) is 0 Å². The number of carbonyl (C=O) groups excluding carboxylic acids is 3. The number of rotatable bonds is 44. The van der Waals surface area contributed by atoms with E-state index in [4.69, 9.17) is 23.3 Å². The van der Waals surface area contributed by atoms with Gasteiger partial charge in [-0.15, -0.1) is 0 Å². The maximum atomic E-state index is 13.6. The van der Waals surface area contributed by atoms with Gasteiger partial charge in [-0.05, 0) is 19.3 Å². The van der Waals surface area contributed by atoms with Crippen molar-refractivity contribution >= 4 is 33.5 Å². The van der Waals surface area contributed by atoms with Gasteiger partial charge in [0.2, 0.25) is 5.91 Å². The fourth-order valence-corrected chi connectivity index (χ4v) is 9.16. The van der Waals surface area contributed by atoms with Gasteiger partial charge in [-0.3, -0.25) is 23.4 Å². The summed E-state index contributed by atoms with van der Waals surface area (Å²) in [4.78, 5) is 79.5. The smallest absolute Gasteiger partial charge is 0.456 e. The Balaban J connectivity index is 3.12. The van der Waals surface area contributed by atoms with E-state index in [1.165, 1.54) is 116 Å². The van der Waals surface area contributed by atoms with Gasteiger partial charge in [0, 0.05) is 19.3 Å². The summed E-state index contributed by atoms with van der Waals surface area (Å²) in [7, 11) is -10.5. The van der Waals surface area contributed by atoms with Crippen LogP contribution >= 0.6 is 15.6 Å². The average molecular weight is 970 g/mol. The molecule has 0 aromatic carbocycles. The predicted molar refractivity (Wildman–Crippen MR) is 255 cm³/mol. The Bertz CT molecular complexity index is 1300. The molecule has 1 heterocycles. The number of amides is 1. The van der Waals surface area contributed by atoms with Gasteiger partial charge in [-0.25, -0.2) is 9.13 Å². The fraction of sp³-hybridized carbons (Fsp3) is 0.938. The van der Waals surface area contributed by atoms with Gasteiger partial charge in [0.05, 0.1) is 6.61 Å². The van der Waals surface area contributed by atoms with E-state index in [1.807, 2.05) is 0 Å². The number of hydrogen-bond acceptors (Lipinski definition) is 10. The summed E-state index contributed by atoms with van der Waals surface area (Å²) in [5, 5.41) is 2.69. The molecule has 0 radical (unpaired) electrons. The van der Waals surface area contributed by atoms with Crippen LogP contribution in [0.5, 0.6) is 0 Å². The highest BCUT2D eigenvalue weighted by Crippen LogP contribution is 2.43. The maximum absolute atomic E-state index is 13.6. The molecule has 0 saturated carbocycles. The standard InChI is InChI=1S/C48H93NO14P2/c1-4-7-10-13-16-19-22-25-28-31-34-37-42(50)49-45-47(62-44(52)39-36-33-30-27-24-21-18-15-12-9-6-3)46(41(40-59-64(53,54)55)60-48(45)63-65(56,57)58)61-43(51)38-35-32-29-26-23-20-17-14-11-8-5-2/h41,45-48H,4-40H2,1-3H3,(H,49,50)(H2,53,54,55)(H2,56,57,58)/t41?,45?,46-,47-,48+/m1/s1. The minimum absolute atomic E-state index is 0.0166. The fourth-order valence-electron chi connectivity index (χ4n) is 8.37. The summed E-state index contributed by atoms with van der Waals surface area (Å²) >= 11 is 0. The SMILES string of the molecule is CCCCCCCCCCCCCC(=O)NC1[C@H](OP(=O)(O)O)OC(COP(=O)(O)O)[C@@H](OC(=O)CCCCCCCCCCCCC)[C@@H]1OC(=O)CCCCCCCCCCCCC. The third-order valence-electron chi connectivity index (χ3n) is 12.1. The largest absolute Gasteiger partial charge is 0.472 e. The van der Waals surface area contributed by atoms with E-state index >= 15 is 0 Å². The summed E-state index contributed by atoms with van der Waals surface area (Å²) in [6.45, 7) is 5.67. The third-order valence-corrected chi connectivity index (χ3v) is 13.1. The number of phosphoric acid groups is 2. The minimum atomic E-state index is -5.34. The number of phosphoric ester groups is 2. The van der Waals surface area contributed by atoms with Crippen LogP contribution in [0.25, 0.3) is 0 Å². The second-order valence-electron chi connectivity index (χ2n) is 18.3. The number of ether oxygens (including phenoxy) is 3. The molecule has 384 valence electrons. The topological polar surface area (TPSA) is 224 Å². The molecule has 5 N–H and O–H groups in total. The van der Waals surface area contributed by atoms with Crippen molar-refractivity contribution in [2.75, 3.05) is 6.61 Å². The van der Waals surface area contributed by atoms with Crippen LogP contribution in [0.15, 0.2) is 0 Å². The second kappa shape index (κ2) is 39.4. The third kappa shape index (κ3) is 35.4. The lowest BCUT2D eigenvalue weighted by Crippen LogP contribution is -2.66. The Kier molecular flexibility index (Phi) is 37.4. The lowest BCUT2D eigenvalue weighted by atomic mass is 9.95. The molecule has 1 rings (SSSR count). The molecule has 1 aliphatic heterocycles. The quantitative estimate of drug-likeness (QED) is 0.0218. The molecular weight excluding hydrogens is 876 g/mol. The monoisotopic (exact) mass is 970 g/mol. The molecule has 5 atom stereocenters. The highest BCUT2D eigenvalue weighted by Gasteiger charge is 2.53. The second-order valence-corrected chi connectivity index (χ2v) is 20.7. The van der Waals surface area contributed by atoms with Gasteiger partial charge < -0.3 is 39.1 Å². The van der Waals surface area contributed by atoms with Crippen molar-refractivity contribution in [3.8, 4) is 0 Å².